The fraction of sp³-hybridized carbons (Fsp3) is 0.211. The summed E-state index contributed by atoms with van der Waals surface area (Å²) >= 11 is 1.68. The van der Waals surface area contributed by atoms with Gasteiger partial charge in [-0.3, -0.25) is 4.99 Å². The molecule has 8 nitrogen and oxygen atoms in total. The van der Waals surface area contributed by atoms with Gasteiger partial charge in [0.15, 0.2) is 0 Å². The Morgan fingerprint density at radius 3 is 2.50 bits per heavy atom. The molecule has 28 heavy (non-hydrogen) atoms. The predicted octanol–water partition coefficient (Wildman–Crippen LogP) is 2.68. The Morgan fingerprint density at radius 1 is 1.11 bits per heavy atom. The number of carboxylic acids is 2. The van der Waals surface area contributed by atoms with Crippen molar-refractivity contribution in [3.63, 3.8) is 0 Å². The number of benzene rings is 1. The first-order chi connectivity index (χ1) is 13.5. The molecule has 1 aromatic carbocycles. The van der Waals surface area contributed by atoms with Crippen LogP contribution in [0.25, 0.3) is 0 Å². The minimum atomic E-state index is -1.26. The van der Waals surface area contributed by atoms with Crippen LogP contribution in [-0.2, 0) is 9.59 Å². The van der Waals surface area contributed by atoms with Gasteiger partial charge in [0, 0.05) is 60.9 Å². The molecule has 4 N–H and O–H groups in total. The van der Waals surface area contributed by atoms with Gasteiger partial charge in [0.2, 0.25) is 0 Å². The molecule has 1 saturated heterocycles. The maximum atomic E-state index is 9.55. The van der Waals surface area contributed by atoms with Gasteiger partial charge in [0.25, 0.3) is 0 Å². The molecule has 146 valence electrons. The lowest BCUT2D eigenvalue weighted by atomic mass is 10.1. The van der Waals surface area contributed by atoms with Crippen molar-refractivity contribution in [1.82, 2.24) is 5.32 Å². The molecule has 0 radical (unpaired) electrons. The molecule has 9 heteroatoms. The maximum Gasteiger partial charge on any atom is 0.328 e. The first-order valence-electron chi connectivity index (χ1n) is 8.64. The van der Waals surface area contributed by atoms with E-state index in [1.165, 1.54) is 11.4 Å². The van der Waals surface area contributed by atoms with Gasteiger partial charge in [-0.05, 0) is 6.07 Å². The molecule has 1 aromatic heterocycles. The Bertz CT molecular complexity index is 900. The molecule has 0 spiro atoms. The summed E-state index contributed by atoms with van der Waals surface area (Å²) in [5, 5.41) is 26.8. The zero-order valence-corrected chi connectivity index (χ0v) is 15.8. The third-order valence-corrected chi connectivity index (χ3v) is 4.88. The van der Waals surface area contributed by atoms with Crippen molar-refractivity contribution in [2.75, 3.05) is 36.4 Å². The number of nitrogens with zero attached hydrogens (tertiary/aromatic N) is 2. The monoisotopic (exact) mass is 400 g/mol. The van der Waals surface area contributed by atoms with E-state index in [2.05, 4.69) is 49.5 Å². The minimum Gasteiger partial charge on any atom is -0.478 e. The van der Waals surface area contributed by atoms with Crippen molar-refractivity contribution in [1.29, 1.82) is 0 Å². The number of nitrogens with one attached hydrogen (secondary N) is 2. The number of piperazine rings is 1. The van der Waals surface area contributed by atoms with E-state index in [9.17, 15) is 9.59 Å². The zero-order valence-electron chi connectivity index (χ0n) is 15.0. The van der Waals surface area contributed by atoms with Crippen LogP contribution in [-0.4, -0.2) is 54.5 Å². The molecule has 2 aliphatic rings. The van der Waals surface area contributed by atoms with Gasteiger partial charge in [0.05, 0.1) is 22.7 Å². The molecule has 2 aromatic rings. The van der Waals surface area contributed by atoms with Gasteiger partial charge < -0.3 is 25.7 Å². The summed E-state index contributed by atoms with van der Waals surface area (Å²) < 4.78 is 0. The SMILES string of the molecule is C1=Nc2cscc2Nc2c1cccc2N1CCNCC1.O=C(O)C=CC(=O)O. The molecule has 0 atom stereocenters. The molecular weight excluding hydrogens is 380 g/mol. The summed E-state index contributed by atoms with van der Waals surface area (Å²) in [5.41, 5.74) is 5.73. The normalized spacial score (nSPS) is 14.9. The third kappa shape index (κ3) is 4.96. The number of hydrogen-bond donors (Lipinski definition) is 4. The van der Waals surface area contributed by atoms with Crippen molar-refractivity contribution in [3.05, 3.63) is 46.7 Å². The topological polar surface area (TPSA) is 114 Å². The van der Waals surface area contributed by atoms with Gasteiger partial charge >= 0.3 is 11.9 Å². The first kappa shape index (κ1) is 19.6. The predicted molar refractivity (Wildman–Crippen MR) is 111 cm³/mol. The Kier molecular flexibility index (Phi) is 6.41. The number of aliphatic carboxylic acids is 2. The smallest absolute Gasteiger partial charge is 0.328 e. The van der Waals surface area contributed by atoms with Crippen LogP contribution in [0.1, 0.15) is 5.56 Å². The number of anilines is 3. The van der Waals surface area contributed by atoms with E-state index >= 15 is 0 Å². The molecule has 0 saturated carbocycles. The number of fused-ring (bicyclic) bond motifs is 2. The second-order valence-corrected chi connectivity index (χ2v) is 6.79. The minimum absolute atomic E-state index is 0.558. The summed E-state index contributed by atoms with van der Waals surface area (Å²) in [7, 11) is 0. The van der Waals surface area contributed by atoms with E-state index < -0.39 is 11.9 Å². The fourth-order valence-electron chi connectivity index (χ4n) is 2.87. The highest BCUT2D eigenvalue weighted by Gasteiger charge is 2.18. The number of carboxylic acid groups (broad SMARTS) is 2. The number of para-hydroxylation sites is 1. The van der Waals surface area contributed by atoms with Crippen LogP contribution in [0.4, 0.5) is 22.7 Å². The lowest BCUT2D eigenvalue weighted by Gasteiger charge is -2.31. The average molecular weight is 400 g/mol. The lowest BCUT2D eigenvalue weighted by Crippen LogP contribution is -2.43. The quantitative estimate of drug-likeness (QED) is 0.500. The largest absolute Gasteiger partial charge is 0.478 e. The zero-order chi connectivity index (χ0) is 19.9. The van der Waals surface area contributed by atoms with Gasteiger partial charge in [-0.25, -0.2) is 9.59 Å². The van der Waals surface area contributed by atoms with E-state index in [0.29, 0.717) is 12.2 Å². The number of hydrogen-bond acceptors (Lipinski definition) is 7. The lowest BCUT2D eigenvalue weighted by molar-refractivity contribution is -0.134. The van der Waals surface area contributed by atoms with Crippen LogP contribution in [0.15, 0.2) is 46.1 Å². The van der Waals surface area contributed by atoms with Gasteiger partial charge in [-0.1, -0.05) is 12.1 Å². The summed E-state index contributed by atoms with van der Waals surface area (Å²) in [6.07, 6.45) is 3.08. The van der Waals surface area contributed by atoms with E-state index in [4.69, 9.17) is 10.2 Å². The third-order valence-electron chi connectivity index (χ3n) is 4.14. The van der Waals surface area contributed by atoms with Crippen LogP contribution in [0.3, 0.4) is 0 Å². The molecule has 0 amide bonds. The highest BCUT2D eigenvalue weighted by molar-refractivity contribution is 7.08. The Morgan fingerprint density at radius 2 is 1.82 bits per heavy atom. The maximum absolute atomic E-state index is 9.55. The fourth-order valence-corrected chi connectivity index (χ4v) is 3.57. The Balaban J connectivity index is 0.000000242. The van der Waals surface area contributed by atoms with Crippen LogP contribution in [0.5, 0.6) is 0 Å². The van der Waals surface area contributed by atoms with Crippen LogP contribution in [0.2, 0.25) is 0 Å². The molecular formula is C19H20N4O4S. The van der Waals surface area contributed by atoms with Gasteiger partial charge in [0.1, 0.15) is 0 Å². The van der Waals surface area contributed by atoms with E-state index in [1.807, 2.05) is 6.21 Å². The van der Waals surface area contributed by atoms with Crippen LogP contribution in [0, 0.1) is 0 Å². The summed E-state index contributed by atoms with van der Waals surface area (Å²) in [4.78, 5) is 26.1. The van der Waals surface area contributed by atoms with Gasteiger partial charge in [-0.2, -0.15) is 0 Å². The van der Waals surface area contributed by atoms with Crippen molar-refractivity contribution >= 4 is 52.2 Å². The molecule has 3 heterocycles. The summed E-state index contributed by atoms with van der Waals surface area (Å²) in [6.45, 7) is 4.18. The molecule has 0 aliphatic carbocycles. The second kappa shape index (κ2) is 9.16. The number of aliphatic imine (C=N–C) groups is 1. The Hall–Kier alpha value is -3.17. The average Bonchev–Trinajstić information content (AvgIpc) is 3.06. The molecule has 0 unspecified atom stereocenters. The number of thiophene rings is 1. The Labute approximate surface area is 165 Å². The van der Waals surface area contributed by atoms with Crippen molar-refractivity contribution in [2.24, 2.45) is 4.99 Å². The van der Waals surface area contributed by atoms with Crippen molar-refractivity contribution in [2.45, 2.75) is 0 Å². The first-order valence-corrected chi connectivity index (χ1v) is 9.59. The molecule has 2 aliphatic heterocycles. The number of carbonyl (C=O) groups is 2. The van der Waals surface area contributed by atoms with Crippen LogP contribution >= 0.6 is 11.3 Å². The van der Waals surface area contributed by atoms with Gasteiger partial charge in [-0.15, -0.1) is 11.3 Å². The summed E-state index contributed by atoms with van der Waals surface area (Å²) in [5.74, 6) is -2.51. The second-order valence-electron chi connectivity index (χ2n) is 6.04. The van der Waals surface area contributed by atoms with Crippen molar-refractivity contribution < 1.29 is 19.8 Å². The van der Waals surface area contributed by atoms with Crippen molar-refractivity contribution in [3.8, 4) is 0 Å². The molecule has 4 rings (SSSR count). The summed E-state index contributed by atoms with van der Waals surface area (Å²) in [6, 6.07) is 6.43. The van der Waals surface area contributed by atoms with Crippen LogP contribution < -0.4 is 15.5 Å². The molecule has 1 fully saturated rings. The highest BCUT2D eigenvalue weighted by Crippen LogP contribution is 2.39. The van der Waals surface area contributed by atoms with E-state index in [-0.39, 0.29) is 0 Å². The number of rotatable bonds is 3. The van der Waals surface area contributed by atoms with E-state index in [0.717, 1.165) is 43.1 Å². The molecule has 0 bridgehead atoms. The standard InChI is InChI=1S/C15H16N4S.C4H4O4/c1-2-11-8-17-12-9-20-10-13(12)18-15(11)14(3-1)19-6-4-16-5-7-19;5-3(6)1-2-4(7)8/h1-3,8-10,16,18H,4-7H2;1-2H,(H,5,6)(H,7,8). The van der Waals surface area contributed by atoms with E-state index in [1.54, 1.807) is 11.3 Å². The highest BCUT2D eigenvalue weighted by atomic mass is 32.1.